The van der Waals surface area contributed by atoms with Gasteiger partial charge in [-0.3, -0.25) is 0 Å². The first-order valence-electron chi connectivity index (χ1n) is 3.52. The summed E-state index contributed by atoms with van der Waals surface area (Å²) in [5, 5.41) is 8.29. The highest BCUT2D eigenvalue weighted by atomic mass is 16.5. The van der Waals surface area contributed by atoms with Crippen LogP contribution < -0.4 is 0 Å². The summed E-state index contributed by atoms with van der Waals surface area (Å²) in [6, 6.07) is 4.95. The number of furan rings is 1. The van der Waals surface area contributed by atoms with Gasteiger partial charge < -0.3 is 9.15 Å². The Morgan fingerprint density at radius 3 is 3.08 bits per heavy atom. The van der Waals surface area contributed by atoms with E-state index in [-0.39, 0.29) is 12.2 Å². The lowest BCUT2D eigenvalue weighted by molar-refractivity contribution is -0.140. The van der Waals surface area contributed by atoms with Crippen molar-refractivity contribution in [1.29, 1.82) is 5.26 Å². The smallest absolute Gasteiger partial charge is 0.348 e. The van der Waals surface area contributed by atoms with Crippen LogP contribution in [0.15, 0.2) is 35.0 Å². The maximum absolute atomic E-state index is 10.9. The quantitative estimate of drug-likeness (QED) is 0.397. The minimum atomic E-state index is -0.723. The Balaban J connectivity index is 2.41. The number of hydrogen-bond acceptors (Lipinski definition) is 4. The molecule has 0 bridgehead atoms. The van der Waals surface area contributed by atoms with Gasteiger partial charge in [0.2, 0.25) is 0 Å². The molecule has 0 saturated heterocycles. The maximum atomic E-state index is 10.9. The second-order valence-corrected chi connectivity index (χ2v) is 2.25. The summed E-state index contributed by atoms with van der Waals surface area (Å²) in [5.74, 6) is -0.196. The van der Waals surface area contributed by atoms with Crippen molar-refractivity contribution in [3.8, 4) is 6.07 Å². The van der Waals surface area contributed by atoms with Crippen molar-refractivity contribution in [1.82, 2.24) is 0 Å². The Hall–Kier alpha value is -2.02. The minimum Gasteiger partial charge on any atom is -0.466 e. The van der Waals surface area contributed by atoms with Crippen LogP contribution >= 0.6 is 0 Å². The number of nitrogens with zero attached hydrogens (tertiary/aromatic N) is 1. The highest BCUT2D eigenvalue weighted by Crippen LogP contribution is 2.03. The minimum absolute atomic E-state index is 0.0204. The number of hydrogen-bond donors (Lipinski definition) is 0. The summed E-state index contributed by atoms with van der Waals surface area (Å²) in [5.41, 5.74) is -0.216. The number of nitriles is 1. The Bertz CT molecular complexity index is 345. The van der Waals surface area contributed by atoms with Crippen molar-refractivity contribution < 1.29 is 13.9 Å². The molecule has 0 aromatic carbocycles. The molecule has 0 aliphatic carbocycles. The number of rotatable bonds is 3. The molecule has 0 aliphatic heterocycles. The standard InChI is InChI=1S/C9H7NO3/c1-7(5-10)9(11)13-6-8-3-2-4-12-8/h2-4H,1,6H2. The number of carbonyl (C=O) groups is 1. The molecule has 4 heteroatoms. The van der Waals surface area contributed by atoms with Crippen LogP contribution in [-0.2, 0) is 16.1 Å². The van der Waals surface area contributed by atoms with Crippen molar-refractivity contribution in [3.05, 3.63) is 36.3 Å². The molecular weight excluding hydrogens is 170 g/mol. The van der Waals surface area contributed by atoms with Gasteiger partial charge in [-0.2, -0.15) is 5.26 Å². The number of esters is 1. The number of ether oxygens (including phenoxy) is 1. The molecular formula is C9H7NO3. The molecule has 0 amide bonds. The third kappa shape index (κ3) is 2.49. The van der Waals surface area contributed by atoms with Crippen LogP contribution in [0.3, 0.4) is 0 Å². The first-order chi connectivity index (χ1) is 6.24. The predicted molar refractivity (Wildman–Crippen MR) is 43.3 cm³/mol. The van der Waals surface area contributed by atoms with Gasteiger partial charge in [-0.05, 0) is 12.1 Å². The van der Waals surface area contributed by atoms with E-state index < -0.39 is 5.97 Å². The molecule has 1 heterocycles. The third-order valence-electron chi connectivity index (χ3n) is 1.31. The van der Waals surface area contributed by atoms with Crippen molar-refractivity contribution in [2.45, 2.75) is 6.61 Å². The highest BCUT2D eigenvalue weighted by molar-refractivity contribution is 5.91. The Kier molecular flexibility index (Phi) is 2.87. The van der Waals surface area contributed by atoms with Crippen LogP contribution in [0.4, 0.5) is 0 Å². The average molecular weight is 177 g/mol. The molecule has 0 saturated carbocycles. The maximum Gasteiger partial charge on any atom is 0.348 e. The molecule has 1 aromatic rings. The van der Waals surface area contributed by atoms with E-state index in [0.717, 1.165) is 0 Å². The predicted octanol–water partition coefficient (Wildman–Crippen LogP) is 1.40. The second-order valence-electron chi connectivity index (χ2n) is 2.25. The summed E-state index contributed by atoms with van der Waals surface area (Å²) in [7, 11) is 0. The zero-order valence-electron chi connectivity index (χ0n) is 6.82. The fourth-order valence-corrected chi connectivity index (χ4v) is 0.664. The van der Waals surface area contributed by atoms with E-state index in [9.17, 15) is 4.79 Å². The van der Waals surface area contributed by atoms with E-state index in [0.29, 0.717) is 5.76 Å². The molecule has 0 N–H and O–H groups in total. The SMILES string of the molecule is C=C(C#N)C(=O)OCc1ccco1. The fourth-order valence-electron chi connectivity index (χ4n) is 0.664. The summed E-state index contributed by atoms with van der Waals surface area (Å²) in [4.78, 5) is 10.9. The molecule has 0 fully saturated rings. The van der Waals surface area contributed by atoms with Gasteiger partial charge in [0, 0.05) is 0 Å². The Morgan fingerprint density at radius 1 is 1.77 bits per heavy atom. The molecule has 0 spiro atoms. The second kappa shape index (κ2) is 4.12. The first-order valence-corrected chi connectivity index (χ1v) is 3.52. The van der Waals surface area contributed by atoms with Crippen LogP contribution in [0.1, 0.15) is 5.76 Å². The van der Waals surface area contributed by atoms with E-state index in [4.69, 9.17) is 9.68 Å². The average Bonchev–Trinajstić information content (AvgIpc) is 2.65. The van der Waals surface area contributed by atoms with E-state index in [1.54, 1.807) is 18.2 Å². The van der Waals surface area contributed by atoms with Gasteiger partial charge in [-0.1, -0.05) is 6.58 Å². The normalized spacial score (nSPS) is 8.85. The lowest BCUT2D eigenvalue weighted by Gasteiger charge is -1.98. The van der Waals surface area contributed by atoms with Crippen LogP contribution in [0.25, 0.3) is 0 Å². The van der Waals surface area contributed by atoms with Gasteiger partial charge >= 0.3 is 5.97 Å². The van der Waals surface area contributed by atoms with Crippen LogP contribution in [-0.4, -0.2) is 5.97 Å². The zero-order valence-corrected chi connectivity index (χ0v) is 6.82. The molecule has 0 radical (unpaired) electrons. The van der Waals surface area contributed by atoms with E-state index >= 15 is 0 Å². The summed E-state index contributed by atoms with van der Waals surface area (Å²) in [6.07, 6.45) is 1.47. The van der Waals surface area contributed by atoms with Gasteiger partial charge in [0.1, 0.15) is 24.0 Å². The largest absolute Gasteiger partial charge is 0.466 e. The van der Waals surface area contributed by atoms with E-state index in [1.165, 1.54) is 6.26 Å². The summed E-state index contributed by atoms with van der Waals surface area (Å²) in [6.45, 7) is 3.23. The molecule has 0 aliphatic rings. The fraction of sp³-hybridized carbons (Fsp3) is 0.111. The zero-order chi connectivity index (χ0) is 9.68. The lowest BCUT2D eigenvalue weighted by atomic mass is 10.3. The molecule has 1 aromatic heterocycles. The van der Waals surface area contributed by atoms with Crippen molar-refractivity contribution in [2.24, 2.45) is 0 Å². The summed E-state index contributed by atoms with van der Waals surface area (Å²) < 4.78 is 9.59. The first kappa shape index (κ1) is 9.07. The van der Waals surface area contributed by atoms with Crippen LogP contribution in [0, 0.1) is 11.3 Å². The van der Waals surface area contributed by atoms with E-state index in [2.05, 4.69) is 11.3 Å². The highest BCUT2D eigenvalue weighted by Gasteiger charge is 2.07. The van der Waals surface area contributed by atoms with Crippen LogP contribution in [0.2, 0.25) is 0 Å². The third-order valence-corrected chi connectivity index (χ3v) is 1.31. The monoisotopic (exact) mass is 177 g/mol. The Labute approximate surface area is 75.0 Å². The van der Waals surface area contributed by atoms with Gasteiger partial charge in [0.05, 0.1) is 6.26 Å². The molecule has 66 valence electrons. The molecule has 13 heavy (non-hydrogen) atoms. The van der Waals surface area contributed by atoms with Gasteiger partial charge in [0.25, 0.3) is 0 Å². The number of carbonyl (C=O) groups excluding carboxylic acids is 1. The molecule has 0 atom stereocenters. The van der Waals surface area contributed by atoms with Crippen molar-refractivity contribution in [2.75, 3.05) is 0 Å². The van der Waals surface area contributed by atoms with Gasteiger partial charge in [-0.15, -0.1) is 0 Å². The molecule has 0 unspecified atom stereocenters. The summed E-state index contributed by atoms with van der Waals surface area (Å²) >= 11 is 0. The topological polar surface area (TPSA) is 63.2 Å². The molecule has 1 rings (SSSR count). The van der Waals surface area contributed by atoms with Crippen LogP contribution in [0.5, 0.6) is 0 Å². The van der Waals surface area contributed by atoms with Crippen molar-refractivity contribution >= 4 is 5.97 Å². The Morgan fingerprint density at radius 2 is 2.54 bits per heavy atom. The van der Waals surface area contributed by atoms with E-state index in [1.807, 2.05) is 0 Å². The van der Waals surface area contributed by atoms with Gasteiger partial charge in [0.15, 0.2) is 0 Å². The lowest BCUT2D eigenvalue weighted by Crippen LogP contribution is -2.05. The molecule has 4 nitrogen and oxygen atoms in total. The van der Waals surface area contributed by atoms with Crippen molar-refractivity contribution in [3.63, 3.8) is 0 Å². The van der Waals surface area contributed by atoms with Gasteiger partial charge in [-0.25, -0.2) is 4.79 Å².